The number of hydrogen-bond donors (Lipinski definition) is 2. The molecule has 2 atom stereocenters. The Morgan fingerprint density at radius 1 is 1.12 bits per heavy atom. The van der Waals surface area contributed by atoms with Crippen LogP contribution in [0.15, 0.2) is 65.6 Å². The van der Waals surface area contributed by atoms with E-state index >= 15 is 0 Å². The van der Waals surface area contributed by atoms with Crippen LogP contribution < -0.4 is 10.6 Å². The average Bonchev–Trinajstić information content (AvgIpc) is 3.13. The molecule has 0 saturated carbocycles. The van der Waals surface area contributed by atoms with Gasteiger partial charge < -0.3 is 10.6 Å². The van der Waals surface area contributed by atoms with Gasteiger partial charge in [-0.2, -0.15) is 0 Å². The van der Waals surface area contributed by atoms with Gasteiger partial charge in [-0.3, -0.25) is 4.79 Å². The molecule has 2 aromatic rings. The van der Waals surface area contributed by atoms with Gasteiger partial charge in [0.2, 0.25) is 5.91 Å². The minimum absolute atomic E-state index is 0. The molecule has 2 aromatic carbocycles. The highest BCUT2D eigenvalue weighted by molar-refractivity contribution is 8.00. The fourth-order valence-electron chi connectivity index (χ4n) is 2.78. The monoisotopic (exact) mass is 362 g/mol. The molecule has 2 unspecified atom stereocenters. The van der Waals surface area contributed by atoms with Gasteiger partial charge in [0.05, 0.1) is 0 Å². The topological polar surface area (TPSA) is 41.1 Å². The molecular formula is C19H23ClN2OS. The summed E-state index contributed by atoms with van der Waals surface area (Å²) in [5, 5.41) is 6.32. The van der Waals surface area contributed by atoms with Gasteiger partial charge in [-0.15, -0.1) is 24.2 Å². The van der Waals surface area contributed by atoms with E-state index in [2.05, 4.69) is 10.6 Å². The Hall–Kier alpha value is -1.49. The molecule has 1 amide bonds. The van der Waals surface area contributed by atoms with E-state index in [1.54, 1.807) is 11.8 Å². The second kappa shape index (κ2) is 9.72. The first-order valence-electron chi connectivity index (χ1n) is 8.10. The lowest BCUT2D eigenvalue weighted by Gasteiger charge is -2.19. The first kappa shape index (κ1) is 18.8. The van der Waals surface area contributed by atoms with E-state index in [4.69, 9.17) is 0 Å². The molecule has 0 bridgehead atoms. The number of thioether (sulfide) groups is 1. The van der Waals surface area contributed by atoms with Crippen molar-refractivity contribution in [3.05, 3.63) is 66.2 Å². The summed E-state index contributed by atoms with van der Waals surface area (Å²) in [5.74, 6) is 0.0822. The minimum atomic E-state index is -0.222. The van der Waals surface area contributed by atoms with Gasteiger partial charge in [0.25, 0.3) is 0 Å². The van der Waals surface area contributed by atoms with Crippen LogP contribution in [0.5, 0.6) is 0 Å². The van der Waals surface area contributed by atoms with E-state index in [-0.39, 0.29) is 23.6 Å². The fraction of sp³-hybridized carbons (Fsp3) is 0.316. The van der Waals surface area contributed by atoms with Crippen LogP contribution in [0.4, 0.5) is 0 Å². The molecule has 1 heterocycles. The largest absolute Gasteiger partial charge is 0.353 e. The molecule has 0 aliphatic carbocycles. The SMILES string of the molecule is Cl.O=C(NCC1CCCN1)C(Sc1ccccc1)c1ccccc1. The van der Waals surface area contributed by atoms with Crippen molar-refractivity contribution < 1.29 is 4.79 Å². The number of nitrogens with one attached hydrogen (secondary N) is 2. The van der Waals surface area contributed by atoms with Crippen molar-refractivity contribution in [2.45, 2.75) is 29.0 Å². The summed E-state index contributed by atoms with van der Waals surface area (Å²) in [6, 6.07) is 20.5. The maximum absolute atomic E-state index is 12.7. The Kier molecular flexibility index (Phi) is 7.63. The lowest BCUT2D eigenvalue weighted by Crippen LogP contribution is -2.38. The Labute approximate surface area is 154 Å². The summed E-state index contributed by atoms with van der Waals surface area (Å²) >= 11 is 1.60. The average molecular weight is 363 g/mol. The van der Waals surface area contributed by atoms with Crippen molar-refractivity contribution in [2.75, 3.05) is 13.1 Å². The summed E-state index contributed by atoms with van der Waals surface area (Å²) < 4.78 is 0. The second-order valence-corrected chi connectivity index (χ2v) is 6.94. The van der Waals surface area contributed by atoms with Crippen molar-refractivity contribution in [1.29, 1.82) is 0 Å². The minimum Gasteiger partial charge on any atom is -0.353 e. The van der Waals surface area contributed by atoms with Gasteiger partial charge in [-0.25, -0.2) is 0 Å². The van der Waals surface area contributed by atoms with Gasteiger partial charge in [-0.1, -0.05) is 48.5 Å². The van der Waals surface area contributed by atoms with Crippen LogP contribution in [0.3, 0.4) is 0 Å². The third kappa shape index (κ3) is 5.26. The zero-order valence-electron chi connectivity index (χ0n) is 13.5. The second-order valence-electron chi connectivity index (χ2n) is 5.76. The first-order chi connectivity index (χ1) is 11.3. The maximum Gasteiger partial charge on any atom is 0.238 e. The lowest BCUT2D eigenvalue weighted by atomic mass is 10.1. The Morgan fingerprint density at radius 3 is 2.42 bits per heavy atom. The molecular weight excluding hydrogens is 340 g/mol. The normalized spacial score (nSPS) is 17.8. The molecule has 3 nitrogen and oxygen atoms in total. The van der Waals surface area contributed by atoms with Crippen LogP contribution in [0.1, 0.15) is 23.7 Å². The summed E-state index contributed by atoms with van der Waals surface area (Å²) in [7, 11) is 0. The van der Waals surface area contributed by atoms with Crippen LogP contribution in [0.2, 0.25) is 0 Å². The van der Waals surface area contributed by atoms with Crippen LogP contribution in [0, 0.1) is 0 Å². The Balaban J connectivity index is 0.00000208. The van der Waals surface area contributed by atoms with Crippen LogP contribution >= 0.6 is 24.2 Å². The van der Waals surface area contributed by atoms with Crippen LogP contribution in [-0.4, -0.2) is 25.0 Å². The van der Waals surface area contributed by atoms with Crippen LogP contribution in [-0.2, 0) is 4.79 Å². The summed E-state index contributed by atoms with van der Waals surface area (Å²) in [4.78, 5) is 13.9. The molecule has 0 aromatic heterocycles. The number of carbonyl (C=O) groups is 1. The van der Waals surface area contributed by atoms with E-state index in [9.17, 15) is 4.79 Å². The smallest absolute Gasteiger partial charge is 0.238 e. The number of carbonyl (C=O) groups excluding carboxylic acids is 1. The van der Waals surface area contributed by atoms with Crippen molar-refractivity contribution in [3.63, 3.8) is 0 Å². The van der Waals surface area contributed by atoms with E-state index in [1.807, 2.05) is 60.7 Å². The van der Waals surface area contributed by atoms with Gasteiger partial charge in [0.1, 0.15) is 5.25 Å². The standard InChI is InChI=1S/C19H22N2OS.ClH/c22-19(21-14-16-10-7-13-20-16)18(15-8-3-1-4-9-15)23-17-11-5-2-6-12-17;/h1-6,8-9,11-12,16,18,20H,7,10,13-14H2,(H,21,22);1H. The highest BCUT2D eigenvalue weighted by atomic mass is 35.5. The summed E-state index contributed by atoms with van der Waals surface area (Å²) in [6.45, 7) is 1.76. The van der Waals surface area contributed by atoms with E-state index in [0.29, 0.717) is 12.6 Å². The molecule has 2 N–H and O–H groups in total. The molecule has 3 rings (SSSR count). The van der Waals surface area contributed by atoms with E-state index in [1.165, 1.54) is 6.42 Å². The maximum atomic E-state index is 12.7. The molecule has 1 aliphatic rings. The Morgan fingerprint density at radius 2 is 1.79 bits per heavy atom. The number of amides is 1. The van der Waals surface area contributed by atoms with Gasteiger partial charge in [0, 0.05) is 17.5 Å². The van der Waals surface area contributed by atoms with Crippen LogP contribution in [0.25, 0.3) is 0 Å². The lowest BCUT2D eigenvalue weighted by molar-refractivity contribution is -0.120. The fourth-order valence-corrected chi connectivity index (χ4v) is 3.85. The zero-order valence-corrected chi connectivity index (χ0v) is 15.1. The van der Waals surface area contributed by atoms with Crippen molar-refractivity contribution in [1.82, 2.24) is 10.6 Å². The third-order valence-electron chi connectivity index (χ3n) is 4.02. The molecule has 1 saturated heterocycles. The van der Waals surface area contributed by atoms with Crippen molar-refractivity contribution in [3.8, 4) is 0 Å². The number of halogens is 1. The molecule has 1 fully saturated rings. The molecule has 1 aliphatic heterocycles. The van der Waals surface area contributed by atoms with E-state index in [0.717, 1.165) is 23.4 Å². The van der Waals surface area contributed by atoms with E-state index < -0.39 is 0 Å². The van der Waals surface area contributed by atoms with Crippen molar-refractivity contribution in [2.24, 2.45) is 0 Å². The molecule has 128 valence electrons. The first-order valence-corrected chi connectivity index (χ1v) is 8.98. The zero-order chi connectivity index (χ0) is 15.9. The highest BCUT2D eigenvalue weighted by Gasteiger charge is 2.23. The predicted octanol–water partition coefficient (Wildman–Crippen LogP) is 3.81. The quantitative estimate of drug-likeness (QED) is 0.768. The Bertz CT molecular complexity index is 618. The highest BCUT2D eigenvalue weighted by Crippen LogP contribution is 2.35. The van der Waals surface area contributed by atoms with Gasteiger partial charge in [-0.05, 0) is 37.1 Å². The van der Waals surface area contributed by atoms with Crippen molar-refractivity contribution >= 4 is 30.1 Å². The van der Waals surface area contributed by atoms with Gasteiger partial charge >= 0.3 is 0 Å². The molecule has 0 spiro atoms. The van der Waals surface area contributed by atoms with Gasteiger partial charge in [0.15, 0.2) is 0 Å². The molecule has 5 heteroatoms. The number of hydrogen-bond acceptors (Lipinski definition) is 3. The summed E-state index contributed by atoms with van der Waals surface area (Å²) in [5.41, 5.74) is 1.04. The number of rotatable bonds is 6. The number of benzene rings is 2. The molecule has 0 radical (unpaired) electrons. The third-order valence-corrected chi connectivity index (χ3v) is 5.29. The summed E-state index contributed by atoms with van der Waals surface area (Å²) in [6.07, 6.45) is 2.34. The predicted molar refractivity (Wildman–Crippen MR) is 103 cm³/mol. The molecule has 24 heavy (non-hydrogen) atoms.